The van der Waals surface area contributed by atoms with Gasteiger partial charge in [0.15, 0.2) is 5.96 Å². The van der Waals surface area contributed by atoms with Crippen LogP contribution in [-0.2, 0) is 0 Å². The summed E-state index contributed by atoms with van der Waals surface area (Å²) >= 11 is 0. The average Bonchev–Trinajstić information content (AvgIpc) is 2.79. The summed E-state index contributed by atoms with van der Waals surface area (Å²) in [4.78, 5) is 4.25. The van der Waals surface area contributed by atoms with E-state index in [1.54, 1.807) is 0 Å². The second-order valence-corrected chi connectivity index (χ2v) is 5.17. The van der Waals surface area contributed by atoms with E-state index >= 15 is 0 Å². The summed E-state index contributed by atoms with van der Waals surface area (Å²) in [5.74, 6) is 1.76. The predicted molar refractivity (Wildman–Crippen MR) is 75.3 cm³/mol. The molecular formula is C14H27N3. The first kappa shape index (κ1) is 14.1. The number of guanidine groups is 1. The molecule has 0 aliphatic heterocycles. The van der Waals surface area contributed by atoms with Crippen LogP contribution in [0.4, 0.5) is 0 Å². The maximum Gasteiger partial charge on any atom is 0.191 e. The molecule has 98 valence electrons. The highest BCUT2D eigenvalue weighted by atomic mass is 15.2. The van der Waals surface area contributed by atoms with Gasteiger partial charge in [-0.05, 0) is 25.2 Å². The number of unbranched alkanes of at least 4 members (excludes halogenated alkanes) is 1. The highest BCUT2D eigenvalue weighted by Crippen LogP contribution is 2.08. The van der Waals surface area contributed by atoms with Crippen LogP contribution in [0.1, 0.15) is 46.0 Å². The zero-order chi connectivity index (χ0) is 12.5. The molecule has 0 heterocycles. The molecule has 0 atom stereocenters. The van der Waals surface area contributed by atoms with Gasteiger partial charge in [0, 0.05) is 19.6 Å². The molecule has 0 spiro atoms. The van der Waals surface area contributed by atoms with Gasteiger partial charge in [0.2, 0.25) is 0 Å². The zero-order valence-electron chi connectivity index (χ0n) is 11.5. The Bertz CT molecular complexity index is 248. The van der Waals surface area contributed by atoms with E-state index in [2.05, 4.69) is 41.6 Å². The molecule has 2 N–H and O–H groups in total. The summed E-state index contributed by atoms with van der Waals surface area (Å²) in [6.45, 7) is 5.58. The predicted octanol–water partition coefficient (Wildman–Crippen LogP) is 2.70. The molecule has 3 heteroatoms. The third-order valence-corrected chi connectivity index (χ3v) is 3.07. The molecular weight excluding hydrogens is 210 g/mol. The number of rotatable bonds is 6. The molecule has 0 aromatic heterocycles. The van der Waals surface area contributed by atoms with E-state index in [9.17, 15) is 0 Å². The zero-order valence-corrected chi connectivity index (χ0v) is 11.5. The standard InChI is InChI=1S/C14H27N3/c1-12(2)8-6-7-11-16-14(15-3)17-13-9-4-5-10-13/h4-5,12-13H,6-11H2,1-3H3,(H2,15,16,17). The topological polar surface area (TPSA) is 36.4 Å². The van der Waals surface area contributed by atoms with Crippen LogP contribution in [0.25, 0.3) is 0 Å². The fraction of sp³-hybridized carbons (Fsp3) is 0.786. The second kappa shape index (κ2) is 8.15. The number of nitrogens with zero attached hydrogens (tertiary/aromatic N) is 1. The van der Waals surface area contributed by atoms with Gasteiger partial charge in [0.25, 0.3) is 0 Å². The molecule has 0 amide bonds. The van der Waals surface area contributed by atoms with Crippen LogP contribution in [0.3, 0.4) is 0 Å². The molecule has 0 unspecified atom stereocenters. The summed E-state index contributed by atoms with van der Waals surface area (Å²) in [6, 6.07) is 0.539. The summed E-state index contributed by atoms with van der Waals surface area (Å²) in [5.41, 5.74) is 0. The number of nitrogens with one attached hydrogen (secondary N) is 2. The fourth-order valence-electron chi connectivity index (χ4n) is 2.01. The Morgan fingerprint density at radius 3 is 2.59 bits per heavy atom. The number of aliphatic imine (C=N–C) groups is 1. The van der Waals surface area contributed by atoms with Crippen molar-refractivity contribution in [2.75, 3.05) is 13.6 Å². The first-order valence-electron chi connectivity index (χ1n) is 6.84. The van der Waals surface area contributed by atoms with Crippen molar-refractivity contribution in [1.29, 1.82) is 0 Å². The molecule has 0 saturated carbocycles. The van der Waals surface area contributed by atoms with Crippen molar-refractivity contribution in [3.8, 4) is 0 Å². The van der Waals surface area contributed by atoms with Crippen LogP contribution in [0.5, 0.6) is 0 Å². The normalized spacial score (nSPS) is 16.8. The van der Waals surface area contributed by atoms with Crippen LogP contribution in [0.2, 0.25) is 0 Å². The Morgan fingerprint density at radius 1 is 1.29 bits per heavy atom. The van der Waals surface area contributed by atoms with Crippen LogP contribution in [0.15, 0.2) is 17.1 Å². The van der Waals surface area contributed by atoms with Crippen molar-refractivity contribution in [3.63, 3.8) is 0 Å². The SMILES string of the molecule is CN=C(NCCCCC(C)C)NC1CC=CC1. The van der Waals surface area contributed by atoms with E-state index in [1.165, 1.54) is 19.3 Å². The summed E-state index contributed by atoms with van der Waals surface area (Å²) in [7, 11) is 1.84. The minimum absolute atomic E-state index is 0.539. The molecule has 1 aliphatic rings. The van der Waals surface area contributed by atoms with E-state index in [-0.39, 0.29) is 0 Å². The van der Waals surface area contributed by atoms with Gasteiger partial charge in [0.1, 0.15) is 0 Å². The summed E-state index contributed by atoms with van der Waals surface area (Å²) < 4.78 is 0. The maximum atomic E-state index is 4.25. The lowest BCUT2D eigenvalue weighted by atomic mass is 10.1. The summed E-state index contributed by atoms with van der Waals surface area (Å²) in [6.07, 6.45) is 10.5. The van der Waals surface area contributed by atoms with Gasteiger partial charge in [-0.15, -0.1) is 0 Å². The van der Waals surface area contributed by atoms with Gasteiger partial charge in [-0.2, -0.15) is 0 Å². The first-order chi connectivity index (χ1) is 8.22. The molecule has 1 aliphatic carbocycles. The molecule has 0 bridgehead atoms. The van der Waals surface area contributed by atoms with Crippen molar-refractivity contribution in [2.45, 2.75) is 52.0 Å². The Kier molecular flexibility index (Phi) is 6.75. The van der Waals surface area contributed by atoms with Gasteiger partial charge < -0.3 is 10.6 Å². The van der Waals surface area contributed by atoms with Crippen LogP contribution >= 0.6 is 0 Å². The van der Waals surface area contributed by atoms with Crippen molar-refractivity contribution >= 4 is 5.96 Å². The molecule has 0 saturated heterocycles. The molecule has 17 heavy (non-hydrogen) atoms. The molecule has 1 rings (SSSR count). The minimum atomic E-state index is 0.539. The van der Waals surface area contributed by atoms with E-state index in [0.29, 0.717) is 6.04 Å². The molecule has 0 fully saturated rings. The van der Waals surface area contributed by atoms with E-state index in [4.69, 9.17) is 0 Å². The largest absolute Gasteiger partial charge is 0.356 e. The monoisotopic (exact) mass is 237 g/mol. The van der Waals surface area contributed by atoms with Crippen LogP contribution < -0.4 is 10.6 Å². The third-order valence-electron chi connectivity index (χ3n) is 3.07. The van der Waals surface area contributed by atoms with Gasteiger partial charge in [0.05, 0.1) is 0 Å². The number of hydrogen-bond acceptors (Lipinski definition) is 1. The van der Waals surface area contributed by atoms with E-state index < -0.39 is 0 Å². The second-order valence-electron chi connectivity index (χ2n) is 5.17. The van der Waals surface area contributed by atoms with Gasteiger partial charge in [-0.25, -0.2) is 0 Å². The maximum absolute atomic E-state index is 4.25. The quantitative estimate of drug-likeness (QED) is 0.322. The fourth-order valence-corrected chi connectivity index (χ4v) is 2.01. The van der Waals surface area contributed by atoms with Crippen molar-refractivity contribution in [1.82, 2.24) is 10.6 Å². The molecule has 0 radical (unpaired) electrons. The first-order valence-corrected chi connectivity index (χ1v) is 6.84. The van der Waals surface area contributed by atoms with Gasteiger partial charge >= 0.3 is 0 Å². The van der Waals surface area contributed by atoms with Crippen molar-refractivity contribution < 1.29 is 0 Å². The Morgan fingerprint density at radius 2 is 2.00 bits per heavy atom. The highest BCUT2D eigenvalue weighted by molar-refractivity contribution is 5.80. The lowest BCUT2D eigenvalue weighted by Crippen LogP contribution is -2.42. The highest BCUT2D eigenvalue weighted by Gasteiger charge is 2.10. The Balaban J connectivity index is 2.06. The van der Waals surface area contributed by atoms with Crippen molar-refractivity contribution in [2.24, 2.45) is 10.9 Å². The van der Waals surface area contributed by atoms with Crippen LogP contribution in [0, 0.1) is 5.92 Å². The molecule has 3 nitrogen and oxygen atoms in total. The summed E-state index contributed by atoms with van der Waals surface area (Å²) in [5, 5.41) is 6.82. The third kappa shape index (κ3) is 6.35. The van der Waals surface area contributed by atoms with Crippen molar-refractivity contribution in [3.05, 3.63) is 12.2 Å². The lowest BCUT2D eigenvalue weighted by Gasteiger charge is -2.16. The van der Waals surface area contributed by atoms with Gasteiger partial charge in [-0.1, -0.05) is 38.8 Å². The molecule has 0 aromatic carbocycles. The molecule has 0 aromatic rings. The van der Waals surface area contributed by atoms with Crippen LogP contribution in [-0.4, -0.2) is 25.6 Å². The smallest absolute Gasteiger partial charge is 0.191 e. The lowest BCUT2D eigenvalue weighted by molar-refractivity contribution is 0.533. The Labute approximate surface area is 106 Å². The van der Waals surface area contributed by atoms with E-state index in [0.717, 1.165) is 31.3 Å². The average molecular weight is 237 g/mol. The minimum Gasteiger partial charge on any atom is -0.356 e. The Hall–Kier alpha value is -0.990. The number of hydrogen-bond donors (Lipinski definition) is 2. The van der Waals surface area contributed by atoms with E-state index in [1.807, 2.05) is 7.05 Å². The van der Waals surface area contributed by atoms with Gasteiger partial charge in [-0.3, -0.25) is 4.99 Å².